The van der Waals surface area contributed by atoms with Crippen molar-refractivity contribution in [2.24, 2.45) is 0 Å². The Hall–Kier alpha value is -2.09. The zero-order chi connectivity index (χ0) is 12.9. The minimum absolute atomic E-state index is 1.08. The molecule has 0 aliphatic rings. The fraction of sp³-hybridized carbons (Fsp3) is 0.235. The summed E-state index contributed by atoms with van der Waals surface area (Å²) in [6.45, 7) is 1.08. The highest BCUT2D eigenvalue weighted by atomic mass is 14.9. The van der Waals surface area contributed by atoms with Crippen molar-refractivity contribution in [2.75, 3.05) is 0 Å². The Kier molecular flexibility index (Phi) is 3.59. The van der Waals surface area contributed by atoms with Gasteiger partial charge in [0.2, 0.25) is 0 Å². The summed E-state index contributed by atoms with van der Waals surface area (Å²) >= 11 is 0. The highest BCUT2D eigenvalue weighted by Crippen LogP contribution is 2.15. The highest BCUT2D eigenvalue weighted by molar-refractivity contribution is 5.79. The van der Waals surface area contributed by atoms with E-state index in [1.165, 1.54) is 29.3 Å². The largest absolute Gasteiger partial charge is 0.347 e. The number of unbranched alkanes of at least 4 members (excludes halogenated alkanes) is 1. The molecule has 0 bridgehead atoms. The maximum absolute atomic E-state index is 4.04. The number of aryl methyl sites for hydroxylation is 2. The van der Waals surface area contributed by atoms with Crippen LogP contribution in [0.5, 0.6) is 0 Å². The Balaban J connectivity index is 1.55. The lowest BCUT2D eigenvalue weighted by Gasteiger charge is -2.05. The number of pyridine rings is 1. The predicted octanol–water partition coefficient (Wildman–Crippen LogP) is 3.86. The average molecular weight is 249 g/mol. The van der Waals surface area contributed by atoms with Crippen molar-refractivity contribution in [3.05, 3.63) is 66.6 Å². The SMILES string of the molecule is [c]1ccc2c(c1)ccn2CCCCc1ccncc1. The third-order valence-electron chi connectivity index (χ3n) is 3.48. The first kappa shape index (κ1) is 12.0. The third kappa shape index (κ3) is 2.84. The van der Waals surface area contributed by atoms with Crippen LogP contribution in [0.25, 0.3) is 10.9 Å². The van der Waals surface area contributed by atoms with Gasteiger partial charge in [0, 0.05) is 36.0 Å². The number of aromatic nitrogens is 2. The van der Waals surface area contributed by atoms with E-state index in [1.54, 1.807) is 0 Å². The smallest absolute Gasteiger partial charge is 0.0480 e. The van der Waals surface area contributed by atoms with Crippen molar-refractivity contribution in [2.45, 2.75) is 25.8 Å². The summed E-state index contributed by atoms with van der Waals surface area (Å²) in [5.41, 5.74) is 2.68. The van der Waals surface area contributed by atoms with E-state index in [9.17, 15) is 0 Å². The highest BCUT2D eigenvalue weighted by Gasteiger charge is 1.99. The zero-order valence-corrected chi connectivity index (χ0v) is 10.9. The molecule has 2 heterocycles. The van der Waals surface area contributed by atoms with E-state index in [2.05, 4.69) is 46.1 Å². The average Bonchev–Trinajstić information content (AvgIpc) is 2.88. The quantitative estimate of drug-likeness (QED) is 0.628. The number of benzene rings is 1. The van der Waals surface area contributed by atoms with Gasteiger partial charge in [0.25, 0.3) is 0 Å². The molecule has 0 fully saturated rings. The normalized spacial score (nSPS) is 10.9. The van der Waals surface area contributed by atoms with Gasteiger partial charge < -0.3 is 4.57 Å². The molecule has 0 unspecified atom stereocenters. The monoisotopic (exact) mass is 249 g/mol. The fourth-order valence-corrected chi connectivity index (χ4v) is 2.44. The summed E-state index contributed by atoms with van der Waals surface area (Å²) in [7, 11) is 0. The summed E-state index contributed by atoms with van der Waals surface area (Å²) in [6, 6.07) is 15.6. The molecule has 95 valence electrons. The second kappa shape index (κ2) is 5.70. The molecule has 0 amide bonds. The van der Waals surface area contributed by atoms with Crippen LogP contribution in [0.1, 0.15) is 18.4 Å². The molecule has 0 spiro atoms. The Morgan fingerprint density at radius 3 is 2.84 bits per heavy atom. The molecule has 2 heteroatoms. The van der Waals surface area contributed by atoms with Crippen LogP contribution in [0.3, 0.4) is 0 Å². The van der Waals surface area contributed by atoms with Gasteiger partial charge in [-0.2, -0.15) is 0 Å². The Labute approximate surface area is 113 Å². The topological polar surface area (TPSA) is 17.8 Å². The Morgan fingerprint density at radius 2 is 1.95 bits per heavy atom. The van der Waals surface area contributed by atoms with E-state index in [4.69, 9.17) is 0 Å². The molecule has 19 heavy (non-hydrogen) atoms. The summed E-state index contributed by atoms with van der Waals surface area (Å²) in [4.78, 5) is 4.04. The van der Waals surface area contributed by atoms with Crippen LogP contribution in [-0.4, -0.2) is 9.55 Å². The van der Waals surface area contributed by atoms with Crippen molar-refractivity contribution < 1.29 is 0 Å². The number of fused-ring (bicyclic) bond motifs is 1. The first-order valence-corrected chi connectivity index (χ1v) is 6.77. The van der Waals surface area contributed by atoms with Crippen LogP contribution >= 0.6 is 0 Å². The zero-order valence-electron chi connectivity index (χ0n) is 10.9. The number of rotatable bonds is 5. The van der Waals surface area contributed by atoms with Gasteiger partial charge in [-0.15, -0.1) is 0 Å². The lowest BCUT2D eigenvalue weighted by atomic mass is 10.1. The molecular formula is C17H17N2. The molecule has 3 aromatic rings. The van der Waals surface area contributed by atoms with E-state index in [0.29, 0.717) is 0 Å². The summed E-state index contributed by atoms with van der Waals surface area (Å²) in [5.74, 6) is 0. The lowest BCUT2D eigenvalue weighted by molar-refractivity contribution is 0.624. The third-order valence-corrected chi connectivity index (χ3v) is 3.48. The molecule has 0 saturated heterocycles. The molecular weight excluding hydrogens is 232 g/mol. The van der Waals surface area contributed by atoms with Gasteiger partial charge in [-0.3, -0.25) is 4.98 Å². The van der Waals surface area contributed by atoms with Crippen molar-refractivity contribution in [3.63, 3.8) is 0 Å². The second-order valence-electron chi connectivity index (χ2n) is 4.81. The van der Waals surface area contributed by atoms with E-state index in [-0.39, 0.29) is 0 Å². The first-order valence-electron chi connectivity index (χ1n) is 6.77. The van der Waals surface area contributed by atoms with Crippen molar-refractivity contribution >= 4 is 10.9 Å². The molecule has 0 atom stereocenters. The van der Waals surface area contributed by atoms with Gasteiger partial charge in [-0.1, -0.05) is 6.07 Å². The molecule has 3 rings (SSSR count). The minimum atomic E-state index is 1.08. The maximum atomic E-state index is 4.04. The molecule has 0 saturated carbocycles. The first-order chi connectivity index (χ1) is 9.43. The van der Waals surface area contributed by atoms with E-state index in [1.807, 2.05) is 24.5 Å². The lowest BCUT2D eigenvalue weighted by Crippen LogP contribution is -1.97. The standard InChI is InChI=1S/C17H17N2/c1-2-7-17-16(6-1)10-14-19(17)13-4-3-5-15-8-11-18-12-9-15/h2,6-12,14H,3-5,13H2. The number of hydrogen-bond acceptors (Lipinski definition) is 1. The van der Waals surface area contributed by atoms with E-state index in [0.717, 1.165) is 13.0 Å². The molecule has 2 nitrogen and oxygen atoms in total. The van der Waals surface area contributed by atoms with E-state index < -0.39 is 0 Å². The molecule has 1 radical (unpaired) electrons. The summed E-state index contributed by atoms with van der Waals surface area (Å²) in [5, 5.41) is 1.27. The van der Waals surface area contributed by atoms with Gasteiger partial charge in [0.05, 0.1) is 0 Å². The van der Waals surface area contributed by atoms with Crippen LogP contribution in [0, 0.1) is 6.07 Å². The van der Waals surface area contributed by atoms with Crippen molar-refractivity contribution in [1.29, 1.82) is 0 Å². The summed E-state index contributed by atoms with van der Waals surface area (Å²) < 4.78 is 2.33. The van der Waals surface area contributed by atoms with Crippen molar-refractivity contribution in [3.8, 4) is 0 Å². The summed E-state index contributed by atoms with van der Waals surface area (Å²) in [6.07, 6.45) is 9.45. The van der Waals surface area contributed by atoms with Gasteiger partial charge in [0.15, 0.2) is 0 Å². The maximum Gasteiger partial charge on any atom is 0.0480 e. The molecule has 2 aromatic heterocycles. The number of nitrogens with zero attached hydrogens (tertiary/aromatic N) is 2. The second-order valence-corrected chi connectivity index (χ2v) is 4.81. The Morgan fingerprint density at radius 1 is 1.05 bits per heavy atom. The Bertz CT molecular complexity index is 640. The van der Waals surface area contributed by atoms with Gasteiger partial charge in [0.1, 0.15) is 0 Å². The van der Waals surface area contributed by atoms with Crippen LogP contribution in [0.2, 0.25) is 0 Å². The molecule has 1 aromatic carbocycles. The molecule has 0 N–H and O–H groups in total. The van der Waals surface area contributed by atoms with Gasteiger partial charge >= 0.3 is 0 Å². The van der Waals surface area contributed by atoms with Crippen LogP contribution in [0.15, 0.2) is 55.0 Å². The number of hydrogen-bond donors (Lipinski definition) is 0. The molecule has 0 aliphatic heterocycles. The van der Waals surface area contributed by atoms with Crippen LogP contribution in [0.4, 0.5) is 0 Å². The molecule has 0 aliphatic carbocycles. The van der Waals surface area contributed by atoms with Gasteiger partial charge in [-0.05, 0) is 61.2 Å². The van der Waals surface area contributed by atoms with Gasteiger partial charge in [-0.25, -0.2) is 0 Å². The van der Waals surface area contributed by atoms with Crippen LogP contribution < -0.4 is 0 Å². The van der Waals surface area contributed by atoms with E-state index >= 15 is 0 Å². The van der Waals surface area contributed by atoms with Crippen LogP contribution in [-0.2, 0) is 13.0 Å². The minimum Gasteiger partial charge on any atom is -0.347 e. The van der Waals surface area contributed by atoms with Crippen molar-refractivity contribution in [1.82, 2.24) is 9.55 Å². The predicted molar refractivity (Wildman–Crippen MR) is 77.9 cm³/mol. The fourth-order valence-electron chi connectivity index (χ4n) is 2.44.